The molecule has 0 fully saturated rings. The maximum Gasteiger partial charge on any atom is 0.500 e. The van der Waals surface area contributed by atoms with Gasteiger partial charge in [0, 0.05) is 61.2 Å². The van der Waals surface area contributed by atoms with Crippen molar-refractivity contribution in [1.82, 2.24) is 0 Å². The zero-order chi connectivity index (χ0) is 20.1. The first-order valence-electron chi connectivity index (χ1n) is 9.16. The molecule has 0 aromatic heterocycles. The Hall–Kier alpha value is -0.136. The fourth-order valence-corrected chi connectivity index (χ4v) is 6.79. The topological polar surface area (TPSA) is 72.5 Å². The molecule has 0 aliphatic heterocycles. The fourth-order valence-electron chi connectivity index (χ4n) is 3.25. The average Bonchev–Trinajstić information content (AvgIpc) is 2.65. The summed E-state index contributed by atoms with van der Waals surface area (Å²) in [5.41, 5.74) is 0. The van der Waals surface area contributed by atoms with Crippen LogP contribution in [0.25, 0.3) is 0 Å². The Labute approximate surface area is 161 Å². The highest BCUT2D eigenvalue weighted by atomic mass is 28.4. The number of ketones is 1. The van der Waals surface area contributed by atoms with Crippen molar-refractivity contribution in [2.24, 2.45) is 5.92 Å². The van der Waals surface area contributed by atoms with Crippen LogP contribution < -0.4 is 0 Å². The molecule has 0 amide bonds. The molecular formula is C17H38O7Si2. The summed E-state index contributed by atoms with van der Waals surface area (Å²) in [5, 5.41) is 0. The van der Waals surface area contributed by atoms with Gasteiger partial charge in [-0.25, -0.2) is 0 Å². The molecule has 0 N–H and O–H groups in total. The molecule has 0 aliphatic carbocycles. The van der Waals surface area contributed by atoms with E-state index >= 15 is 0 Å². The predicted octanol–water partition coefficient (Wildman–Crippen LogP) is 3.29. The Morgan fingerprint density at radius 1 is 0.692 bits per heavy atom. The van der Waals surface area contributed by atoms with Crippen LogP contribution in [-0.2, 0) is 31.4 Å². The van der Waals surface area contributed by atoms with Gasteiger partial charge in [0.1, 0.15) is 5.78 Å². The van der Waals surface area contributed by atoms with E-state index in [0.717, 1.165) is 44.2 Å². The van der Waals surface area contributed by atoms with Crippen molar-refractivity contribution >= 4 is 23.4 Å². The summed E-state index contributed by atoms with van der Waals surface area (Å²) >= 11 is 0. The number of rotatable bonds is 17. The molecule has 0 spiro atoms. The molecule has 0 rings (SSSR count). The van der Waals surface area contributed by atoms with Crippen LogP contribution in [0.3, 0.4) is 0 Å². The summed E-state index contributed by atoms with van der Waals surface area (Å²) in [5.74, 6) is 0.603. The van der Waals surface area contributed by atoms with E-state index < -0.39 is 17.6 Å². The highest BCUT2D eigenvalue weighted by Crippen LogP contribution is 2.25. The maximum absolute atomic E-state index is 11.6. The van der Waals surface area contributed by atoms with Crippen LogP contribution in [-0.4, -0.2) is 66.1 Å². The molecule has 0 saturated carbocycles. The molecule has 9 heteroatoms. The van der Waals surface area contributed by atoms with Crippen molar-refractivity contribution in [3.05, 3.63) is 0 Å². The van der Waals surface area contributed by atoms with Crippen molar-refractivity contribution < 1.29 is 31.4 Å². The third-order valence-electron chi connectivity index (χ3n) is 4.88. The monoisotopic (exact) mass is 410 g/mol. The van der Waals surface area contributed by atoms with Crippen LogP contribution in [0.5, 0.6) is 0 Å². The molecule has 0 radical (unpaired) electrons. The van der Waals surface area contributed by atoms with Gasteiger partial charge in [-0.2, -0.15) is 0 Å². The van der Waals surface area contributed by atoms with Crippen molar-refractivity contribution in [1.29, 1.82) is 0 Å². The smallest absolute Gasteiger partial charge is 0.377 e. The Morgan fingerprint density at radius 3 is 1.46 bits per heavy atom. The van der Waals surface area contributed by atoms with Crippen LogP contribution >= 0.6 is 0 Å². The third kappa shape index (κ3) is 9.18. The number of carbonyl (C=O) groups excluding carboxylic acids is 1. The van der Waals surface area contributed by atoms with Crippen LogP contribution in [0.4, 0.5) is 0 Å². The van der Waals surface area contributed by atoms with Crippen molar-refractivity contribution in [3.63, 3.8) is 0 Å². The van der Waals surface area contributed by atoms with Gasteiger partial charge >= 0.3 is 17.6 Å². The van der Waals surface area contributed by atoms with Gasteiger partial charge in [0.25, 0.3) is 0 Å². The molecule has 156 valence electrons. The van der Waals surface area contributed by atoms with Crippen molar-refractivity contribution in [3.8, 4) is 0 Å². The lowest BCUT2D eigenvalue weighted by atomic mass is 9.92. The lowest BCUT2D eigenvalue weighted by Crippen LogP contribution is -2.42. The fraction of sp³-hybridized carbons (Fsp3) is 0.941. The Balaban J connectivity index is 4.43. The van der Waals surface area contributed by atoms with Gasteiger partial charge in [-0.05, 0) is 25.7 Å². The second-order valence-corrected chi connectivity index (χ2v) is 12.7. The van der Waals surface area contributed by atoms with Gasteiger partial charge in [0.05, 0.1) is 0 Å². The quantitative estimate of drug-likeness (QED) is 0.269. The first kappa shape index (κ1) is 25.9. The summed E-state index contributed by atoms with van der Waals surface area (Å²) in [6.45, 7) is 1.66. The Bertz CT molecular complexity index is 358. The van der Waals surface area contributed by atoms with Gasteiger partial charge in [0.2, 0.25) is 0 Å². The van der Waals surface area contributed by atoms with Gasteiger partial charge in [-0.1, -0.05) is 19.3 Å². The second kappa shape index (κ2) is 13.9. The molecule has 1 unspecified atom stereocenters. The van der Waals surface area contributed by atoms with E-state index in [-0.39, 0.29) is 5.78 Å². The third-order valence-corrected chi connectivity index (χ3v) is 10.5. The maximum atomic E-state index is 11.6. The van der Waals surface area contributed by atoms with E-state index in [1.165, 1.54) is 0 Å². The van der Waals surface area contributed by atoms with Crippen molar-refractivity contribution in [2.45, 2.75) is 57.5 Å². The first-order valence-corrected chi connectivity index (χ1v) is 13.0. The molecule has 0 aromatic carbocycles. The molecule has 0 aromatic rings. The normalized spacial score (nSPS) is 13.8. The lowest BCUT2D eigenvalue weighted by molar-refractivity contribution is -0.118. The predicted molar refractivity (Wildman–Crippen MR) is 105 cm³/mol. The molecule has 0 bridgehead atoms. The first-order chi connectivity index (χ1) is 12.4. The highest BCUT2D eigenvalue weighted by molar-refractivity contribution is 6.60. The second-order valence-electron chi connectivity index (χ2n) is 6.50. The van der Waals surface area contributed by atoms with E-state index in [4.69, 9.17) is 26.6 Å². The molecular weight excluding hydrogens is 372 g/mol. The standard InChI is InChI=1S/C17H38O7Si2/c1-16(18)15-17(12-10-14-26(22-5,23-6)24-7)11-8-9-13-25(19-2,20-3)21-4/h17H,8-15H2,1-7H3. The van der Waals surface area contributed by atoms with E-state index in [0.29, 0.717) is 12.3 Å². The van der Waals surface area contributed by atoms with E-state index in [1.54, 1.807) is 49.6 Å². The summed E-state index contributed by atoms with van der Waals surface area (Å²) in [4.78, 5) is 11.6. The van der Waals surface area contributed by atoms with E-state index in [2.05, 4.69) is 0 Å². The van der Waals surface area contributed by atoms with Crippen LogP contribution in [0.2, 0.25) is 12.1 Å². The van der Waals surface area contributed by atoms with Gasteiger partial charge in [-0.3, -0.25) is 0 Å². The summed E-state index contributed by atoms with van der Waals surface area (Å²) in [6, 6.07) is 1.55. The number of carbonyl (C=O) groups is 1. The minimum atomic E-state index is -2.53. The number of hydrogen-bond acceptors (Lipinski definition) is 7. The molecule has 7 nitrogen and oxygen atoms in total. The molecule has 26 heavy (non-hydrogen) atoms. The van der Waals surface area contributed by atoms with Gasteiger partial charge < -0.3 is 31.4 Å². The van der Waals surface area contributed by atoms with Crippen molar-refractivity contribution in [2.75, 3.05) is 42.7 Å². The molecule has 1 atom stereocenters. The number of hydrogen-bond donors (Lipinski definition) is 0. The molecule has 0 aliphatic rings. The summed E-state index contributed by atoms with van der Waals surface area (Å²) < 4.78 is 32.7. The van der Waals surface area contributed by atoms with Crippen LogP contribution in [0.15, 0.2) is 0 Å². The number of unbranched alkanes of at least 4 members (excludes halogenated alkanes) is 1. The summed E-state index contributed by atoms with van der Waals surface area (Å²) in [7, 11) is 4.76. The largest absolute Gasteiger partial charge is 0.500 e. The highest BCUT2D eigenvalue weighted by Gasteiger charge is 2.38. The van der Waals surface area contributed by atoms with Crippen LogP contribution in [0, 0.1) is 5.92 Å². The van der Waals surface area contributed by atoms with Crippen LogP contribution in [0.1, 0.15) is 45.4 Å². The minimum Gasteiger partial charge on any atom is -0.377 e. The lowest BCUT2D eigenvalue weighted by Gasteiger charge is -2.25. The molecule has 0 heterocycles. The van der Waals surface area contributed by atoms with Gasteiger partial charge in [-0.15, -0.1) is 0 Å². The van der Waals surface area contributed by atoms with Gasteiger partial charge in [0.15, 0.2) is 0 Å². The zero-order valence-electron chi connectivity index (χ0n) is 17.6. The molecule has 0 saturated heterocycles. The summed E-state index contributed by atoms with van der Waals surface area (Å²) in [6.07, 6.45) is 5.48. The zero-order valence-corrected chi connectivity index (χ0v) is 19.6. The minimum absolute atomic E-state index is 0.234. The Kier molecular flexibility index (Phi) is 13.9. The van der Waals surface area contributed by atoms with E-state index in [1.807, 2.05) is 0 Å². The number of Topliss-reactive ketones (excluding diaryl/α,β-unsaturated/α-hetero) is 1. The average molecular weight is 411 g/mol. The van der Waals surface area contributed by atoms with E-state index in [9.17, 15) is 4.79 Å². The SMILES string of the molecule is CO[Si](CCCCC(CCC[Si](OC)(OC)OC)CC(C)=O)(OC)OC. The Morgan fingerprint density at radius 2 is 1.08 bits per heavy atom.